The fraction of sp³-hybridized carbons (Fsp3) is 0.300. The lowest BCUT2D eigenvalue weighted by atomic mass is 10.3. The van der Waals surface area contributed by atoms with E-state index in [2.05, 4.69) is 4.98 Å². The molecule has 2 rings (SSSR count). The highest BCUT2D eigenvalue weighted by atomic mass is 16.5. The maximum atomic E-state index is 5.47. The van der Waals surface area contributed by atoms with Gasteiger partial charge in [-0.05, 0) is 25.5 Å². The SMILES string of the molecule is CCOc1cn2ccnc2cc1C. The second-order valence-corrected chi connectivity index (χ2v) is 2.95. The molecule has 3 heteroatoms. The average molecular weight is 176 g/mol. The predicted molar refractivity (Wildman–Crippen MR) is 51.1 cm³/mol. The van der Waals surface area contributed by atoms with Crippen LogP contribution in [-0.4, -0.2) is 16.0 Å². The van der Waals surface area contributed by atoms with Gasteiger partial charge in [-0.25, -0.2) is 4.98 Å². The van der Waals surface area contributed by atoms with E-state index in [-0.39, 0.29) is 0 Å². The van der Waals surface area contributed by atoms with Crippen molar-refractivity contribution in [2.45, 2.75) is 13.8 Å². The van der Waals surface area contributed by atoms with Crippen LogP contribution in [0.3, 0.4) is 0 Å². The van der Waals surface area contributed by atoms with E-state index in [9.17, 15) is 0 Å². The van der Waals surface area contributed by atoms with Gasteiger partial charge in [0.15, 0.2) is 0 Å². The molecule has 0 spiro atoms. The van der Waals surface area contributed by atoms with Gasteiger partial charge in [0.25, 0.3) is 0 Å². The summed E-state index contributed by atoms with van der Waals surface area (Å²) in [6.07, 6.45) is 5.66. The minimum absolute atomic E-state index is 0.695. The van der Waals surface area contributed by atoms with E-state index in [0.717, 1.165) is 17.0 Å². The third-order valence-corrected chi connectivity index (χ3v) is 1.99. The van der Waals surface area contributed by atoms with Crippen molar-refractivity contribution in [3.05, 3.63) is 30.2 Å². The number of hydrogen-bond donors (Lipinski definition) is 0. The van der Waals surface area contributed by atoms with Crippen LogP contribution in [0.2, 0.25) is 0 Å². The highest BCUT2D eigenvalue weighted by Gasteiger charge is 2.01. The third-order valence-electron chi connectivity index (χ3n) is 1.99. The summed E-state index contributed by atoms with van der Waals surface area (Å²) in [6, 6.07) is 2.02. The van der Waals surface area contributed by atoms with Crippen LogP contribution in [-0.2, 0) is 0 Å². The lowest BCUT2D eigenvalue weighted by molar-refractivity contribution is 0.336. The first kappa shape index (κ1) is 8.10. The number of rotatable bonds is 2. The zero-order valence-electron chi connectivity index (χ0n) is 7.82. The molecule has 0 N–H and O–H groups in total. The number of hydrogen-bond acceptors (Lipinski definition) is 2. The largest absolute Gasteiger partial charge is 0.492 e. The first-order valence-electron chi connectivity index (χ1n) is 4.37. The molecule has 0 saturated carbocycles. The number of nitrogens with zero attached hydrogens (tertiary/aromatic N) is 2. The maximum absolute atomic E-state index is 5.47. The van der Waals surface area contributed by atoms with Gasteiger partial charge in [-0.2, -0.15) is 0 Å². The highest BCUT2D eigenvalue weighted by molar-refractivity contribution is 5.46. The lowest BCUT2D eigenvalue weighted by Crippen LogP contribution is -1.96. The molecule has 13 heavy (non-hydrogen) atoms. The normalized spacial score (nSPS) is 10.6. The average Bonchev–Trinajstić information content (AvgIpc) is 2.52. The van der Waals surface area contributed by atoms with Crippen molar-refractivity contribution in [1.82, 2.24) is 9.38 Å². The fourth-order valence-electron chi connectivity index (χ4n) is 1.35. The monoisotopic (exact) mass is 176 g/mol. The molecule has 2 heterocycles. The Morgan fingerprint density at radius 2 is 2.38 bits per heavy atom. The van der Waals surface area contributed by atoms with E-state index in [1.165, 1.54) is 0 Å². The number of ether oxygens (including phenoxy) is 1. The Morgan fingerprint density at radius 1 is 1.54 bits per heavy atom. The molecule has 0 aliphatic heterocycles. The summed E-state index contributed by atoms with van der Waals surface area (Å²) in [5.41, 5.74) is 2.08. The van der Waals surface area contributed by atoms with Crippen molar-refractivity contribution in [3.63, 3.8) is 0 Å². The number of aromatic nitrogens is 2. The van der Waals surface area contributed by atoms with Crippen LogP contribution < -0.4 is 4.74 Å². The molecule has 0 aliphatic carbocycles. The molecule has 0 bridgehead atoms. The maximum Gasteiger partial charge on any atom is 0.138 e. The minimum Gasteiger partial charge on any atom is -0.492 e. The zero-order chi connectivity index (χ0) is 9.26. The summed E-state index contributed by atoms with van der Waals surface area (Å²) in [5.74, 6) is 0.924. The van der Waals surface area contributed by atoms with Crippen molar-refractivity contribution in [2.24, 2.45) is 0 Å². The van der Waals surface area contributed by atoms with E-state index in [1.807, 2.05) is 36.7 Å². The van der Waals surface area contributed by atoms with Gasteiger partial charge in [-0.3, -0.25) is 0 Å². The van der Waals surface area contributed by atoms with Gasteiger partial charge >= 0.3 is 0 Å². The second-order valence-electron chi connectivity index (χ2n) is 2.95. The molecule has 0 aliphatic rings. The molecule has 0 unspecified atom stereocenters. The predicted octanol–water partition coefficient (Wildman–Crippen LogP) is 2.04. The molecule has 68 valence electrons. The first-order valence-corrected chi connectivity index (χ1v) is 4.37. The minimum atomic E-state index is 0.695. The molecule has 2 aromatic rings. The van der Waals surface area contributed by atoms with E-state index >= 15 is 0 Å². The van der Waals surface area contributed by atoms with Crippen LogP contribution in [0.4, 0.5) is 0 Å². The number of imidazole rings is 1. The summed E-state index contributed by atoms with van der Waals surface area (Å²) in [7, 11) is 0. The van der Waals surface area contributed by atoms with Gasteiger partial charge in [0.05, 0.1) is 12.8 Å². The smallest absolute Gasteiger partial charge is 0.138 e. The van der Waals surface area contributed by atoms with Gasteiger partial charge in [0, 0.05) is 12.4 Å². The summed E-state index contributed by atoms with van der Waals surface area (Å²) >= 11 is 0. The summed E-state index contributed by atoms with van der Waals surface area (Å²) in [6.45, 7) is 4.71. The van der Waals surface area contributed by atoms with E-state index in [4.69, 9.17) is 4.74 Å². The molecule has 0 atom stereocenters. The van der Waals surface area contributed by atoms with Crippen LogP contribution in [0.25, 0.3) is 5.65 Å². The molecule has 0 amide bonds. The van der Waals surface area contributed by atoms with Crippen molar-refractivity contribution in [1.29, 1.82) is 0 Å². The molecule has 0 saturated heterocycles. The first-order chi connectivity index (χ1) is 6.31. The topological polar surface area (TPSA) is 26.5 Å². The Kier molecular flexibility index (Phi) is 1.93. The number of fused-ring (bicyclic) bond motifs is 1. The quantitative estimate of drug-likeness (QED) is 0.700. The van der Waals surface area contributed by atoms with Crippen LogP contribution in [0, 0.1) is 6.92 Å². The Labute approximate surface area is 77.0 Å². The van der Waals surface area contributed by atoms with Gasteiger partial charge in [-0.15, -0.1) is 0 Å². The standard InChI is InChI=1S/C10H12N2O/c1-3-13-9-7-12-5-4-11-10(12)6-8(9)2/h4-7H,3H2,1-2H3. The summed E-state index contributed by atoms with van der Waals surface area (Å²) in [5, 5.41) is 0. The third kappa shape index (κ3) is 1.37. The van der Waals surface area contributed by atoms with Crippen molar-refractivity contribution in [2.75, 3.05) is 6.61 Å². The Bertz CT molecular complexity index is 420. The summed E-state index contributed by atoms with van der Waals surface area (Å²) < 4.78 is 7.42. The van der Waals surface area contributed by atoms with E-state index < -0.39 is 0 Å². The molecule has 0 aromatic carbocycles. The second kappa shape index (κ2) is 3.09. The fourth-order valence-corrected chi connectivity index (χ4v) is 1.35. The Balaban J connectivity index is 2.56. The van der Waals surface area contributed by atoms with E-state index in [0.29, 0.717) is 6.61 Å². The molecule has 3 nitrogen and oxygen atoms in total. The van der Waals surface area contributed by atoms with Crippen LogP contribution in [0.15, 0.2) is 24.7 Å². The molecule has 0 radical (unpaired) electrons. The number of aryl methyl sites for hydroxylation is 1. The van der Waals surface area contributed by atoms with Crippen molar-refractivity contribution < 1.29 is 4.74 Å². The molecular formula is C10H12N2O. The molecule has 2 aromatic heterocycles. The Hall–Kier alpha value is -1.51. The molecular weight excluding hydrogens is 164 g/mol. The zero-order valence-corrected chi connectivity index (χ0v) is 7.82. The lowest BCUT2D eigenvalue weighted by Gasteiger charge is -2.06. The van der Waals surface area contributed by atoms with Crippen LogP contribution in [0.1, 0.15) is 12.5 Å². The van der Waals surface area contributed by atoms with Gasteiger partial charge < -0.3 is 9.14 Å². The van der Waals surface area contributed by atoms with E-state index in [1.54, 1.807) is 6.20 Å². The Morgan fingerprint density at radius 3 is 3.15 bits per heavy atom. The van der Waals surface area contributed by atoms with Gasteiger partial charge in [-0.1, -0.05) is 0 Å². The van der Waals surface area contributed by atoms with Gasteiger partial charge in [0.2, 0.25) is 0 Å². The van der Waals surface area contributed by atoms with Crippen LogP contribution in [0.5, 0.6) is 5.75 Å². The van der Waals surface area contributed by atoms with Crippen LogP contribution >= 0.6 is 0 Å². The summed E-state index contributed by atoms with van der Waals surface area (Å²) in [4.78, 5) is 4.19. The molecule has 0 fully saturated rings. The van der Waals surface area contributed by atoms with Crippen molar-refractivity contribution >= 4 is 5.65 Å². The van der Waals surface area contributed by atoms with Crippen molar-refractivity contribution in [3.8, 4) is 5.75 Å². The van der Waals surface area contributed by atoms with Gasteiger partial charge in [0.1, 0.15) is 11.4 Å². The highest BCUT2D eigenvalue weighted by Crippen LogP contribution is 2.18. The number of pyridine rings is 1.